The highest BCUT2D eigenvalue weighted by Crippen LogP contribution is 2.29. The van der Waals surface area contributed by atoms with Crippen molar-refractivity contribution in [3.8, 4) is 17.6 Å². The van der Waals surface area contributed by atoms with Crippen molar-refractivity contribution >= 4 is 10.9 Å². The number of tetrazole rings is 1. The Bertz CT molecular complexity index is 1100. The number of pyridine rings is 1. The molecule has 0 unspecified atom stereocenters. The van der Waals surface area contributed by atoms with Gasteiger partial charge >= 0.3 is 0 Å². The number of aromatic hydroxyl groups is 1. The molecule has 126 valence electrons. The lowest BCUT2D eigenvalue weighted by molar-refractivity contribution is 0.475. The van der Waals surface area contributed by atoms with Gasteiger partial charge in [0.2, 0.25) is 0 Å². The van der Waals surface area contributed by atoms with Crippen molar-refractivity contribution in [3.05, 3.63) is 77.7 Å². The molecule has 2 heterocycles. The minimum absolute atomic E-state index is 0.253. The van der Waals surface area contributed by atoms with Gasteiger partial charge in [-0.25, -0.2) is 4.68 Å². The third kappa shape index (κ3) is 3.37. The summed E-state index contributed by atoms with van der Waals surface area (Å²) in [7, 11) is 0. The van der Waals surface area contributed by atoms with E-state index in [1.165, 1.54) is 6.33 Å². The zero-order chi connectivity index (χ0) is 17.8. The predicted molar refractivity (Wildman–Crippen MR) is 97.4 cm³/mol. The van der Waals surface area contributed by atoms with Crippen LogP contribution in [0.5, 0.6) is 5.75 Å². The highest BCUT2D eigenvalue weighted by molar-refractivity contribution is 5.87. The van der Waals surface area contributed by atoms with Crippen LogP contribution in [0, 0.1) is 11.8 Å². The summed E-state index contributed by atoms with van der Waals surface area (Å²) in [5.41, 5.74) is 3.47. The lowest BCUT2D eigenvalue weighted by Gasteiger charge is -2.08. The van der Waals surface area contributed by atoms with Crippen LogP contribution >= 0.6 is 0 Å². The van der Waals surface area contributed by atoms with Crippen LogP contribution in [0.3, 0.4) is 0 Å². The summed E-state index contributed by atoms with van der Waals surface area (Å²) in [6, 6.07) is 15.6. The molecule has 0 saturated carbocycles. The highest BCUT2D eigenvalue weighted by Gasteiger charge is 2.09. The lowest BCUT2D eigenvalue weighted by atomic mass is 10.0. The number of hydrogen-bond donors (Lipinski definition) is 1. The summed E-state index contributed by atoms with van der Waals surface area (Å²) in [4.78, 5) is 4.46. The standard InChI is InChI=1S/C20H15N5O/c26-20-17(11-15-5-2-1-3-6-15)13-21-19-9-8-16(12-18(19)20)7-4-10-25-14-22-23-24-25/h1-3,5-6,8-9,12-14H,10-11H2,(H,21,26). The third-order valence-corrected chi connectivity index (χ3v) is 4.02. The second-order valence-electron chi connectivity index (χ2n) is 5.84. The van der Waals surface area contributed by atoms with E-state index < -0.39 is 0 Å². The van der Waals surface area contributed by atoms with E-state index in [1.807, 2.05) is 48.5 Å². The van der Waals surface area contributed by atoms with Gasteiger partial charge in [-0.15, -0.1) is 5.10 Å². The van der Waals surface area contributed by atoms with Crippen molar-refractivity contribution in [3.63, 3.8) is 0 Å². The Morgan fingerprint density at radius 1 is 1.08 bits per heavy atom. The normalized spacial score (nSPS) is 10.5. The van der Waals surface area contributed by atoms with E-state index in [0.29, 0.717) is 18.4 Å². The van der Waals surface area contributed by atoms with Gasteiger partial charge in [-0.05, 0) is 34.2 Å². The Balaban J connectivity index is 1.64. The number of nitrogens with zero attached hydrogens (tertiary/aromatic N) is 5. The highest BCUT2D eigenvalue weighted by atomic mass is 16.3. The van der Waals surface area contributed by atoms with Crippen LogP contribution < -0.4 is 0 Å². The van der Waals surface area contributed by atoms with E-state index in [0.717, 1.165) is 22.2 Å². The van der Waals surface area contributed by atoms with Crippen LogP contribution in [0.1, 0.15) is 16.7 Å². The molecule has 2 aromatic heterocycles. The van der Waals surface area contributed by atoms with Gasteiger partial charge in [-0.1, -0.05) is 42.2 Å². The summed E-state index contributed by atoms with van der Waals surface area (Å²) >= 11 is 0. The zero-order valence-electron chi connectivity index (χ0n) is 13.9. The number of aromatic nitrogens is 5. The molecule has 6 nitrogen and oxygen atoms in total. The van der Waals surface area contributed by atoms with E-state index in [-0.39, 0.29) is 5.75 Å². The van der Waals surface area contributed by atoms with Crippen LogP contribution in [0.25, 0.3) is 10.9 Å². The van der Waals surface area contributed by atoms with Gasteiger partial charge in [0.05, 0.1) is 5.52 Å². The maximum atomic E-state index is 10.7. The first-order valence-electron chi connectivity index (χ1n) is 8.14. The minimum atomic E-state index is 0.253. The van der Waals surface area contributed by atoms with E-state index in [2.05, 4.69) is 32.4 Å². The number of hydrogen-bond acceptors (Lipinski definition) is 5. The topological polar surface area (TPSA) is 76.7 Å². The van der Waals surface area contributed by atoms with E-state index in [9.17, 15) is 5.11 Å². The van der Waals surface area contributed by atoms with Crippen molar-refractivity contribution in [2.75, 3.05) is 0 Å². The van der Waals surface area contributed by atoms with E-state index in [4.69, 9.17) is 0 Å². The Morgan fingerprint density at radius 3 is 2.77 bits per heavy atom. The molecule has 1 N–H and O–H groups in total. The van der Waals surface area contributed by atoms with Crippen molar-refractivity contribution in [2.45, 2.75) is 13.0 Å². The van der Waals surface area contributed by atoms with Gasteiger partial charge in [0.1, 0.15) is 18.6 Å². The van der Waals surface area contributed by atoms with Crippen LogP contribution in [0.4, 0.5) is 0 Å². The lowest BCUT2D eigenvalue weighted by Crippen LogP contribution is -1.96. The molecular weight excluding hydrogens is 326 g/mol. The molecule has 0 fully saturated rings. The molecule has 6 heteroatoms. The monoisotopic (exact) mass is 341 g/mol. The average molecular weight is 341 g/mol. The fourth-order valence-corrected chi connectivity index (χ4v) is 2.72. The first kappa shape index (κ1) is 15.8. The molecule has 0 atom stereocenters. The molecule has 26 heavy (non-hydrogen) atoms. The van der Waals surface area contributed by atoms with Gasteiger partial charge in [-0.3, -0.25) is 4.98 Å². The van der Waals surface area contributed by atoms with Gasteiger partial charge in [-0.2, -0.15) is 0 Å². The van der Waals surface area contributed by atoms with Gasteiger partial charge in [0.15, 0.2) is 0 Å². The molecule has 0 spiro atoms. The molecule has 4 aromatic rings. The molecule has 0 saturated heterocycles. The first-order chi connectivity index (χ1) is 12.8. The smallest absolute Gasteiger partial charge is 0.139 e. The van der Waals surface area contributed by atoms with Crippen molar-refractivity contribution in [2.24, 2.45) is 0 Å². The maximum absolute atomic E-state index is 10.7. The molecule has 0 aliphatic carbocycles. The van der Waals surface area contributed by atoms with Gasteiger partial charge in [0.25, 0.3) is 0 Å². The quantitative estimate of drug-likeness (QED) is 0.580. The number of benzene rings is 2. The van der Waals surface area contributed by atoms with Gasteiger partial charge in [0, 0.05) is 29.1 Å². The average Bonchev–Trinajstić information content (AvgIpc) is 3.19. The van der Waals surface area contributed by atoms with Crippen molar-refractivity contribution in [1.29, 1.82) is 0 Å². The molecule has 0 aliphatic heterocycles. The molecule has 2 aromatic carbocycles. The largest absolute Gasteiger partial charge is 0.507 e. The summed E-state index contributed by atoms with van der Waals surface area (Å²) < 4.78 is 1.55. The fraction of sp³-hybridized carbons (Fsp3) is 0.100. The molecule has 4 rings (SSSR count). The second kappa shape index (κ2) is 7.03. The molecule has 0 bridgehead atoms. The van der Waals surface area contributed by atoms with Gasteiger partial charge < -0.3 is 5.11 Å². The first-order valence-corrected chi connectivity index (χ1v) is 8.14. The molecule has 0 aliphatic rings. The minimum Gasteiger partial charge on any atom is -0.507 e. The van der Waals surface area contributed by atoms with E-state index >= 15 is 0 Å². The van der Waals surface area contributed by atoms with Crippen molar-refractivity contribution in [1.82, 2.24) is 25.2 Å². The summed E-state index contributed by atoms with van der Waals surface area (Å²) in [6.07, 6.45) is 3.87. The zero-order valence-corrected chi connectivity index (χ0v) is 13.9. The Hall–Kier alpha value is -3.72. The SMILES string of the molecule is Oc1c(Cc2ccccc2)cnc2ccc(C#CCn3cnnn3)cc12. The Labute approximate surface area is 150 Å². The molecule has 0 radical (unpaired) electrons. The van der Waals surface area contributed by atoms with Crippen LogP contribution in [-0.4, -0.2) is 30.3 Å². The third-order valence-electron chi connectivity index (χ3n) is 4.02. The molecular formula is C20H15N5O. The van der Waals surface area contributed by atoms with Crippen molar-refractivity contribution < 1.29 is 5.11 Å². The van der Waals surface area contributed by atoms with E-state index in [1.54, 1.807) is 10.9 Å². The van der Waals surface area contributed by atoms with Crippen LogP contribution in [-0.2, 0) is 13.0 Å². The Morgan fingerprint density at radius 2 is 1.96 bits per heavy atom. The maximum Gasteiger partial charge on any atom is 0.139 e. The summed E-state index contributed by atoms with van der Waals surface area (Å²) in [5.74, 6) is 6.33. The number of fused-ring (bicyclic) bond motifs is 1. The predicted octanol–water partition coefficient (Wildman–Crippen LogP) is 2.57. The fourth-order valence-electron chi connectivity index (χ4n) is 2.72. The summed E-state index contributed by atoms with van der Waals surface area (Å²) in [6.45, 7) is 0.406. The van der Waals surface area contributed by atoms with Crippen LogP contribution in [0.15, 0.2) is 61.1 Å². The second-order valence-corrected chi connectivity index (χ2v) is 5.84. The summed E-state index contributed by atoms with van der Waals surface area (Å²) in [5, 5.41) is 22.3. The Kier molecular flexibility index (Phi) is 4.27. The molecule has 0 amide bonds. The number of rotatable bonds is 3. The van der Waals surface area contributed by atoms with Crippen LogP contribution in [0.2, 0.25) is 0 Å².